The molecule has 3 nitrogen and oxygen atoms in total. The summed E-state index contributed by atoms with van der Waals surface area (Å²) in [6.45, 7) is 1.71. The van der Waals surface area contributed by atoms with Gasteiger partial charge in [0.2, 0.25) is 5.91 Å². The second-order valence-corrected chi connectivity index (χ2v) is 6.63. The van der Waals surface area contributed by atoms with Crippen molar-refractivity contribution in [1.29, 1.82) is 0 Å². The van der Waals surface area contributed by atoms with Crippen molar-refractivity contribution >= 4 is 39.1 Å². The molecule has 2 aromatic carbocycles. The zero-order valence-corrected chi connectivity index (χ0v) is 14.3. The molecule has 0 aliphatic carbocycles. The Bertz CT molecular complexity index is 705. The number of hydrogen-bond acceptors (Lipinski definition) is 2. The Hall–Kier alpha value is -1.52. The van der Waals surface area contributed by atoms with Gasteiger partial charge in [-0.3, -0.25) is 4.79 Å². The standard InChI is InChI=1S/C17H16BrClN2O/c18-14-5-6-16(15(19)9-14)20-10-17(22)21-8-7-12-3-1-2-4-13(12)11-21/h1-6,9,20H,7-8,10-11H2. The topological polar surface area (TPSA) is 32.3 Å². The van der Waals surface area contributed by atoms with Crippen LogP contribution in [0.15, 0.2) is 46.9 Å². The zero-order valence-electron chi connectivity index (χ0n) is 12.0. The lowest BCUT2D eigenvalue weighted by Gasteiger charge is -2.29. The molecule has 0 saturated carbocycles. The number of carbonyl (C=O) groups excluding carboxylic acids is 1. The minimum Gasteiger partial charge on any atom is -0.375 e. The van der Waals surface area contributed by atoms with Gasteiger partial charge >= 0.3 is 0 Å². The van der Waals surface area contributed by atoms with E-state index in [1.54, 1.807) is 0 Å². The quantitative estimate of drug-likeness (QED) is 0.871. The van der Waals surface area contributed by atoms with Crippen LogP contribution in [0.25, 0.3) is 0 Å². The number of hydrogen-bond donors (Lipinski definition) is 1. The van der Waals surface area contributed by atoms with Crippen LogP contribution in [0.2, 0.25) is 5.02 Å². The van der Waals surface area contributed by atoms with Crippen LogP contribution in [0, 0.1) is 0 Å². The number of rotatable bonds is 3. The number of nitrogens with one attached hydrogen (secondary N) is 1. The SMILES string of the molecule is O=C(CNc1ccc(Br)cc1Cl)N1CCc2ccccc2C1. The van der Waals surface area contributed by atoms with Crippen LogP contribution in [-0.2, 0) is 17.8 Å². The van der Waals surface area contributed by atoms with Gasteiger partial charge in [-0.2, -0.15) is 0 Å². The molecule has 5 heteroatoms. The Morgan fingerprint density at radius 2 is 2.00 bits per heavy atom. The van der Waals surface area contributed by atoms with Gasteiger partial charge in [-0.25, -0.2) is 0 Å². The Kier molecular flexibility index (Phi) is 4.69. The number of carbonyl (C=O) groups is 1. The molecule has 22 heavy (non-hydrogen) atoms. The maximum Gasteiger partial charge on any atom is 0.242 e. The van der Waals surface area contributed by atoms with Crippen LogP contribution in [0.5, 0.6) is 0 Å². The molecule has 0 fully saturated rings. The first-order valence-electron chi connectivity index (χ1n) is 7.17. The highest BCUT2D eigenvalue weighted by Crippen LogP contribution is 2.25. The summed E-state index contributed by atoms with van der Waals surface area (Å²) in [7, 11) is 0. The van der Waals surface area contributed by atoms with Gasteiger partial charge in [0.1, 0.15) is 0 Å². The number of fused-ring (bicyclic) bond motifs is 1. The Morgan fingerprint density at radius 3 is 2.77 bits per heavy atom. The molecule has 0 spiro atoms. The van der Waals surface area contributed by atoms with Crippen molar-refractivity contribution in [2.24, 2.45) is 0 Å². The summed E-state index contributed by atoms with van der Waals surface area (Å²) < 4.78 is 0.919. The maximum absolute atomic E-state index is 12.4. The van der Waals surface area contributed by atoms with E-state index in [2.05, 4.69) is 33.4 Å². The third-order valence-corrected chi connectivity index (χ3v) is 4.65. The van der Waals surface area contributed by atoms with Gasteiger partial charge < -0.3 is 10.2 Å². The van der Waals surface area contributed by atoms with E-state index < -0.39 is 0 Å². The zero-order chi connectivity index (χ0) is 15.5. The molecule has 0 bridgehead atoms. The summed E-state index contributed by atoms with van der Waals surface area (Å²) in [5.41, 5.74) is 3.36. The molecule has 0 saturated heterocycles. The van der Waals surface area contributed by atoms with Crippen LogP contribution in [0.4, 0.5) is 5.69 Å². The van der Waals surface area contributed by atoms with Crippen molar-refractivity contribution in [2.45, 2.75) is 13.0 Å². The summed E-state index contributed by atoms with van der Waals surface area (Å²) in [4.78, 5) is 14.3. The van der Waals surface area contributed by atoms with E-state index in [1.807, 2.05) is 35.2 Å². The number of benzene rings is 2. The molecule has 1 amide bonds. The van der Waals surface area contributed by atoms with E-state index >= 15 is 0 Å². The number of nitrogens with zero attached hydrogens (tertiary/aromatic N) is 1. The third kappa shape index (κ3) is 3.45. The van der Waals surface area contributed by atoms with Crippen molar-refractivity contribution < 1.29 is 4.79 Å². The molecular formula is C17H16BrClN2O. The summed E-state index contributed by atoms with van der Waals surface area (Å²) in [6, 6.07) is 13.9. The van der Waals surface area contributed by atoms with Gasteiger partial charge in [-0.15, -0.1) is 0 Å². The molecule has 0 unspecified atom stereocenters. The highest BCUT2D eigenvalue weighted by molar-refractivity contribution is 9.10. The molecule has 1 heterocycles. The predicted molar refractivity (Wildman–Crippen MR) is 93.2 cm³/mol. The summed E-state index contributed by atoms with van der Waals surface area (Å²) >= 11 is 9.52. The average Bonchev–Trinajstić information content (AvgIpc) is 2.53. The molecule has 0 atom stereocenters. The fourth-order valence-corrected chi connectivity index (χ4v) is 3.36. The Morgan fingerprint density at radius 1 is 1.23 bits per heavy atom. The van der Waals surface area contributed by atoms with Gasteiger partial charge in [-0.05, 0) is 35.7 Å². The van der Waals surface area contributed by atoms with Crippen LogP contribution in [0.3, 0.4) is 0 Å². The smallest absolute Gasteiger partial charge is 0.242 e. The van der Waals surface area contributed by atoms with E-state index in [1.165, 1.54) is 11.1 Å². The van der Waals surface area contributed by atoms with E-state index in [-0.39, 0.29) is 12.5 Å². The first-order valence-corrected chi connectivity index (χ1v) is 8.34. The molecule has 1 aliphatic heterocycles. The van der Waals surface area contributed by atoms with Crippen molar-refractivity contribution in [2.75, 3.05) is 18.4 Å². The second-order valence-electron chi connectivity index (χ2n) is 5.31. The predicted octanol–water partition coefficient (Wildman–Crippen LogP) is 4.10. The molecule has 1 N–H and O–H groups in total. The van der Waals surface area contributed by atoms with Crippen LogP contribution < -0.4 is 5.32 Å². The fourth-order valence-electron chi connectivity index (χ4n) is 2.62. The van der Waals surface area contributed by atoms with Crippen LogP contribution >= 0.6 is 27.5 Å². The van der Waals surface area contributed by atoms with Crippen molar-refractivity contribution in [3.63, 3.8) is 0 Å². The second kappa shape index (κ2) is 6.71. The largest absolute Gasteiger partial charge is 0.375 e. The summed E-state index contributed by atoms with van der Waals surface area (Å²) in [5, 5.41) is 3.72. The van der Waals surface area contributed by atoms with E-state index in [4.69, 9.17) is 11.6 Å². The van der Waals surface area contributed by atoms with Gasteiger partial charge in [0.15, 0.2) is 0 Å². The molecule has 3 rings (SSSR count). The first kappa shape index (κ1) is 15.4. The fraction of sp³-hybridized carbons (Fsp3) is 0.235. The Labute approximate surface area is 143 Å². The lowest BCUT2D eigenvalue weighted by molar-refractivity contribution is -0.130. The average molecular weight is 380 g/mol. The van der Waals surface area contributed by atoms with E-state index in [0.717, 1.165) is 23.1 Å². The number of amides is 1. The first-order chi connectivity index (χ1) is 10.6. The van der Waals surface area contributed by atoms with Crippen molar-refractivity contribution in [3.05, 3.63) is 63.1 Å². The van der Waals surface area contributed by atoms with Crippen LogP contribution in [-0.4, -0.2) is 23.9 Å². The van der Waals surface area contributed by atoms with Gasteiger partial charge in [0.25, 0.3) is 0 Å². The summed E-state index contributed by atoms with van der Waals surface area (Å²) in [6.07, 6.45) is 0.918. The minimum atomic E-state index is 0.0912. The molecule has 114 valence electrons. The maximum atomic E-state index is 12.4. The molecule has 0 aromatic heterocycles. The van der Waals surface area contributed by atoms with Gasteiger partial charge in [0.05, 0.1) is 17.3 Å². The van der Waals surface area contributed by atoms with Crippen molar-refractivity contribution in [1.82, 2.24) is 4.90 Å². The summed E-state index contributed by atoms with van der Waals surface area (Å²) in [5.74, 6) is 0.0912. The molecule has 2 aromatic rings. The van der Waals surface area contributed by atoms with Crippen LogP contribution in [0.1, 0.15) is 11.1 Å². The molecule has 1 aliphatic rings. The minimum absolute atomic E-state index is 0.0912. The molecule has 0 radical (unpaired) electrons. The van der Waals surface area contributed by atoms with Crippen molar-refractivity contribution in [3.8, 4) is 0 Å². The highest BCUT2D eigenvalue weighted by atomic mass is 79.9. The lowest BCUT2D eigenvalue weighted by atomic mass is 10.00. The Balaban J connectivity index is 1.61. The monoisotopic (exact) mass is 378 g/mol. The van der Waals surface area contributed by atoms with Gasteiger partial charge in [0, 0.05) is 17.6 Å². The van der Waals surface area contributed by atoms with E-state index in [9.17, 15) is 4.79 Å². The normalized spacial score (nSPS) is 13.6. The highest BCUT2D eigenvalue weighted by Gasteiger charge is 2.20. The van der Waals surface area contributed by atoms with Gasteiger partial charge in [-0.1, -0.05) is 51.8 Å². The third-order valence-electron chi connectivity index (χ3n) is 3.84. The number of anilines is 1. The van der Waals surface area contributed by atoms with E-state index in [0.29, 0.717) is 11.6 Å². The molecular weight excluding hydrogens is 364 g/mol. The lowest BCUT2D eigenvalue weighted by Crippen LogP contribution is -2.39. The number of halogens is 2.